The van der Waals surface area contributed by atoms with Gasteiger partial charge in [0.2, 0.25) is 5.88 Å². The lowest BCUT2D eigenvalue weighted by atomic mass is 10.1. The first-order valence-electron chi connectivity index (χ1n) is 8.57. The molecule has 0 aliphatic rings. The van der Waals surface area contributed by atoms with Crippen LogP contribution < -0.4 is 10.1 Å². The van der Waals surface area contributed by atoms with Crippen molar-refractivity contribution in [1.82, 2.24) is 5.16 Å². The quantitative estimate of drug-likeness (QED) is 0.531. The van der Waals surface area contributed by atoms with Crippen LogP contribution in [0.3, 0.4) is 0 Å². The van der Waals surface area contributed by atoms with Gasteiger partial charge < -0.3 is 14.0 Å². The van der Waals surface area contributed by atoms with E-state index in [9.17, 15) is 14.4 Å². The van der Waals surface area contributed by atoms with E-state index in [-0.39, 0.29) is 24.2 Å². The van der Waals surface area contributed by atoms with Crippen LogP contribution in [0.5, 0.6) is 5.75 Å². The number of nitrogens with zero attached hydrogens (tertiary/aromatic N) is 1. The van der Waals surface area contributed by atoms with Crippen molar-refractivity contribution in [2.24, 2.45) is 0 Å². The van der Waals surface area contributed by atoms with E-state index in [1.807, 2.05) is 13.8 Å². The van der Waals surface area contributed by atoms with Gasteiger partial charge in [0.25, 0.3) is 5.91 Å². The lowest BCUT2D eigenvalue weighted by molar-refractivity contribution is -0.149. The molecule has 8 nitrogen and oxygen atoms in total. The summed E-state index contributed by atoms with van der Waals surface area (Å²) >= 11 is 0. The Kier molecular flexibility index (Phi) is 7.10. The first-order chi connectivity index (χ1) is 12.9. The topological polar surface area (TPSA) is 108 Å². The summed E-state index contributed by atoms with van der Waals surface area (Å²) in [4.78, 5) is 35.0. The molecule has 8 heteroatoms. The number of rotatable bonds is 9. The molecule has 2 rings (SSSR count). The van der Waals surface area contributed by atoms with E-state index < -0.39 is 18.5 Å². The van der Waals surface area contributed by atoms with Gasteiger partial charge in [-0.05, 0) is 30.2 Å². The molecule has 1 aromatic heterocycles. The maximum atomic E-state index is 11.8. The van der Waals surface area contributed by atoms with Crippen molar-refractivity contribution in [3.8, 4) is 5.75 Å². The molecule has 1 amide bonds. The fourth-order valence-electron chi connectivity index (χ4n) is 2.06. The number of Topliss-reactive ketones (excluding diaryl/α,β-unsaturated/α-hetero) is 1. The van der Waals surface area contributed by atoms with Crippen molar-refractivity contribution < 1.29 is 28.4 Å². The zero-order valence-electron chi connectivity index (χ0n) is 15.5. The van der Waals surface area contributed by atoms with Crippen LogP contribution in [-0.4, -0.2) is 36.0 Å². The molecule has 27 heavy (non-hydrogen) atoms. The zero-order valence-corrected chi connectivity index (χ0v) is 15.5. The van der Waals surface area contributed by atoms with Crippen LogP contribution in [0.4, 0.5) is 5.88 Å². The van der Waals surface area contributed by atoms with Crippen LogP contribution in [0.2, 0.25) is 0 Å². The van der Waals surface area contributed by atoms with Gasteiger partial charge in [-0.1, -0.05) is 25.9 Å². The smallest absolute Gasteiger partial charge is 0.344 e. The summed E-state index contributed by atoms with van der Waals surface area (Å²) in [5.74, 6) is -0.427. The Balaban J connectivity index is 1.72. The van der Waals surface area contributed by atoms with Crippen LogP contribution in [0.1, 0.15) is 49.2 Å². The fourth-order valence-corrected chi connectivity index (χ4v) is 2.06. The molecule has 0 spiro atoms. The molecule has 0 aliphatic carbocycles. The second kappa shape index (κ2) is 9.51. The molecule has 0 fully saturated rings. The molecule has 0 radical (unpaired) electrons. The van der Waals surface area contributed by atoms with Gasteiger partial charge in [-0.2, -0.15) is 0 Å². The highest BCUT2D eigenvalue weighted by Gasteiger charge is 2.13. The van der Waals surface area contributed by atoms with Gasteiger partial charge >= 0.3 is 5.97 Å². The number of ether oxygens (including phenoxy) is 2. The number of nitrogens with one attached hydrogen (secondary N) is 1. The van der Waals surface area contributed by atoms with Crippen LogP contribution in [0, 0.1) is 0 Å². The Morgan fingerprint density at radius 2 is 1.85 bits per heavy atom. The van der Waals surface area contributed by atoms with Gasteiger partial charge in [-0.3, -0.25) is 14.9 Å². The van der Waals surface area contributed by atoms with E-state index in [1.165, 1.54) is 0 Å². The van der Waals surface area contributed by atoms with Crippen LogP contribution in [0.15, 0.2) is 34.9 Å². The van der Waals surface area contributed by atoms with Crippen LogP contribution in [0.25, 0.3) is 0 Å². The van der Waals surface area contributed by atoms with Crippen molar-refractivity contribution in [3.63, 3.8) is 0 Å². The Bertz CT molecular complexity index is 795. The predicted octanol–water partition coefficient (Wildman–Crippen LogP) is 2.95. The summed E-state index contributed by atoms with van der Waals surface area (Å²) in [6.45, 7) is 4.85. The standard InChI is InChI=1S/C19H22N2O6/c1-4-16(22)13-5-7-14(8-6-13)25-11-19(24)26-10-17(23)20-18-9-15(12(2)3)21-27-18/h5-9,12H,4,10-11H2,1-3H3,(H,20,23). The summed E-state index contributed by atoms with van der Waals surface area (Å²) in [5.41, 5.74) is 1.29. The number of benzene rings is 1. The Hall–Kier alpha value is -3.16. The highest BCUT2D eigenvalue weighted by molar-refractivity contribution is 5.95. The maximum Gasteiger partial charge on any atom is 0.344 e. The third-order valence-electron chi connectivity index (χ3n) is 3.60. The van der Waals surface area contributed by atoms with Gasteiger partial charge in [0, 0.05) is 18.1 Å². The molecule has 1 aromatic carbocycles. The normalized spacial score (nSPS) is 10.5. The number of hydrogen-bond donors (Lipinski definition) is 1. The molecule has 2 aromatic rings. The molecule has 0 bridgehead atoms. The number of anilines is 1. The minimum absolute atomic E-state index is 0.0271. The number of aromatic nitrogens is 1. The van der Waals surface area contributed by atoms with Crippen molar-refractivity contribution >= 4 is 23.5 Å². The van der Waals surface area contributed by atoms with E-state index in [1.54, 1.807) is 37.3 Å². The monoisotopic (exact) mass is 374 g/mol. The molecule has 144 valence electrons. The molecular weight excluding hydrogens is 352 g/mol. The Morgan fingerprint density at radius 1 is 1.15 bits per heavy atom. The van der Waals surface area contributed by atoms with E-state index in [4.69, 9.17) is 14.0 Å². The first kappa shape index (κ1) is 20.2. The van der Waals surface area contributed by atoms with Gasteiger partial charge in [0.05, 0.1) is 5.69 Å². The maximum absolute atomic E-state index is 11.8. The van der Waals surface area contributed by atoms with E-state index in [2.05, 4.69) is 10.5 Å². The minimum Gasteiger partial charge on any atom is -0.482 e. The number of carbonyl (C=O) groups excluding carboxylic acids is 3. The van der Waals surface area contributed by atoms with Gasteiger partial charge in [0.1, 0.15) is 5.75 Å². The molecule has 0 atom stereocenters. The van der Waals surface area contributed by atoms with Gasteiger partial charge in [0.15, 0.2) is 19.0 Å². The molecule has 0 saturated heterocycles. The van der Waals surface area contributed by atoms with Crippen molar-refractivity contribution in [1.29, 1.82) is 0 Å². The van der Waals surface area contributed by atoms with E-state index in [0.717, 1.165) is 0 Å². The zero-order chi connectivity index (χ0) is 19.8. The summed E-state index contributed by atoms with van der Waals surface area (Å²) in [6.07, 6.45) is 0.418. The van der Waals surface area contributed by atoms with Crippen molar-refractivity contribution in [2.45, 2.75) is 33.1 Å². The first-order valence-corrected chi connectivity index (χ1v) is 8.57. The molecular formula is C19H22N2O6. The largest absolute Gasteiger partial charge is 0.482 e. The molecule has 1 heterocycles. The van der Waals surface area contributed by atoms with Crippen molar-refractivity contribution in [2.75, 3.05) is 18.5 Å². The number of esters is 1. The summed E-state index contributed by atoms with van der Waals surface area (Å²) in [6, 6.07) is 8.06. The van der Waals surface area contributed by atoms with Crippen molar-refractivity contribution in [3.05, 3.63) is 41.6 Å². The average Bonchev–Trinajstić information content (AvgIpc) is 3.13. The second-order valence-corrected chi connectivity index (χ2v) is 6.07. The third-order valence-corrected chi connectivity index (χ3v) is 3.60. The summed E-state index contributed by atoms with van der Waals surface area (Å²) in [7, 11) is 0. The predicted molar refractivity (Wildman–Crippen MR) is 96.7 cm³/mol. The minimum atomic E-state index is -0.695. The molecule has 0 unspecified atom stereocenters. The average molecular weight is 374 g/mol. The number of amides is 1. The lowest BCUT2D eigenvalue weighted by Gasteiger charge is -2.07. The van der Waals surface area contributed by atoms with Gasteiger partial charge in [-0.25, -0.2) is 4.79 Å². The third kappa shape index (κ3) is 6.25. The summed E-state index contributed by atoms with van der Waals surface area (Å²) < 4.78 is 15.1. The van der Waals surface area contributed by atoms with E-state index >= 15 is 0 Å². The van der Waals surface area contributed by atoms with E-state index in [0.29, 0.717) is 23.4 Å². The molecule has 0 saturated carbocycles. The highest BCUT2D eigenvalue weighted by Crippen LogP contribution is 2.17. The van der Waals surface area contributed by atoms with Gasteiger partial charge in [-0.15, -0.1) is 0 Å². The Labute approximate surface area is 156 Å². The fraction of sp³-hybridized carbons (Fsp3) is 0.368. The highest BCUT2D eigenvalue weighted by atomic mass is 16.6. The summed E-state index contributed by atoms with van der Waals surface area (Å²) in [5, 5.41) is 6.26. The lowest BCUT2D eigenvalue weighted by Crippen LogP contribution is -2.23. The second-order valence-electron chi connectivity index (χ2n) is 6.07. The Morgan fingerprint density at radius 3 is 2.44 bits per heavy atom. The number of carbonyl (C=O) groups is 3. The molecule has 0 aliphatic heterocycles. The SMILES string of the molecule is CCC(=O)c1ccc(OCC(=O)OCC(=O)Nc2cc(C(C)C)no2)cc1. The van der Waals surface area contributed by atoms with Crippen LogP contribution >= 0.6 is 0 Å². The van der Waals surface area contributed by atoms with Crippen LogP contribution in [-0.2, 0) is 14.3 Å². The number of ketones is 1. The molecule has 1 N–H and O–H groups in total. The number of hydrogen-bond acceptors (Lipinski definition) is 7.